The molecule has 0 aliphatic heterocycles. The van der Waals surface area contributed by atoms with Gasteiger partial charge in [0.15, 0.2) is 0 Å². The molecule has 1 fully saturated rings. The Morgan fingerprint density at radius 2 is 1.88 bits per heavy atom. The summed E-state index contributed by atoms with van der Waals surface area (Å²) in [5, 5.41) is 0. The van der Waals surface area contributed by atoms with Crippen molar-refractivity contribution in [3.8, 4) is 0 Å². The fourth-order valence-electron chi connectivity index (χ4n) is 2.53. The molecule has 0 atom stereocenters. The van der Waals surface area contributed by atoms with Crippen LogP contribution in [-0.2, 0) is 9.63 Å². The normalized spacial score (nSPS) is 25.8. The van der Waals surface area contributed by atoms with Gasteiger partial charge in [-0.15, -0.1) is 0 Å². The zero-order valence-corrected chi connectivity index (χ0v) is 11.3. The number of nitrogens with two attached hydrogens (primary N) is 1. The minimum Gasteiger partial charge on any atom is -0.368 e. The molecule has 3 N–H and O–H groups in total. The van der Waals surface area contributed by atoms with Gasteiger partial charge in [0.05, 0.1) is 0 Å². The van der Waals surface area contributed by atoms with Gasteiger partial charge in [0.2, 0.25) is 5.91 Å². The molecule has 0 unspecified atom stereocenters. The van der Waals surface area contributed by atoms with E-state index in [1.54, 1.807) is 0 Å². The Morgan fingerprint density at radius 1 is 1.29 bits per heavy atom. The van der Waals surface area contributed by atoms with Crippen molar-refractivity contribution in [2.24, 2.45) is 23.0 Å². The van der Waals surface area contributed by atoms with E-state index in [9.17, 15) is 4.79 Å². The van der Waals surface area contributed by atoms with E-state index in [4.69, 9.17) is 10.6 Å². The fourth-order valence-corrected chi connectivity index (χ4v) is 2.53. The Labute approximate surface area is 104 Å². The summed E-state index contributed by atoms with van der Waals surface area (Å²) in [6.07, 6.45) is 5.08. The zero-order valence-electron chi connectivity index (χ0n) is 11.3. The molecular weight excluding hydrogens is 216 g/mol. The van der Waals surface area contributed by atoms with Crippen LogP contribution in [0, 0.1) is 17.3 Å². The van der Waals surface area contributed by atoms with Gasteiger partial charge in [-0.05, 0) is 42.9 Å². The Bertz CT molecular complexity index is 240. The third-order valence-electron chi connectivity index (χ3n) is 3.76. The predicted octanol–water partition coefficient (Wildman–Crippen LogP) is 1.85. The standard InChI is InChI=1S/C13H26N2O2/c1-13(2,3)11-6-4-10(5-7-11)8-15-17-9-12(14)16/h10-11,15H,4-9H2,1-3H3,(H2,14,16). The van der Waals surface area contributed by atoms with Crippen LogP contribution in [0.2, 0.25) is 0 Å². The summed E-state index contributed by atoms with van der Waals surface area (Å²) in [5.74, 6) is 1.07. The molecule has 17 heavy (non-hydrogen) atoms. The lowest BCUT2D eigenvalue weighted by molar-refractivity contribution is -0.125. The number of amides is 1. The second-order valence-electron chi connectivity index (χ2n) is 6.19. The van der Waals surface area contributed by atoms with E-state index in [1.165, 1.54) is 25.7 Å². The molecule has 0 aromatic rings. The van der Waals surface area contributed by atoms with Gasteiger partial charge in [0.1, 0.15) is 6.61 Å². The van der Waals surface area contributed by atoms with Crippen molar-refractivity contribution < 1.29 is 9.63 Å². The van der Waals surface area contributed by atoms with Crippen molar-refractivity contribution in [1.29, 1.82) is 0 Å². The zero-order chi connectivity index (χ0) is 12.9. The summed E-state index contributed by atoms with van der Waals surface area (Å²) in [7, 11) is 0. The molecule has 0 saturated heterocycles. The Hall–Kier alpha value is -0.610. The lowest BCUT2D eigenvalue weighted by Crippen LogP contribution is -2.32. The van der Waals surface area contributed by atoms with Crippen molar-refractivity contribution in [2.75, 3.05) is 13.2 Å². The van der Waals surface area contributed by atoms with E-state index in [2.05, 4.69) is 26.3 Å². The maximum Gasteiger partial charge on any atom is 0.245 e. The van der Waals surface area contributed by atoms with Crippen LogP contribution in [0.4, 0.5) is 0 Å². The molecule has 0 heterocycles. The third kappa shape index (κ3) is 5.50. The van der Waals surface area contributed by atoms with Crippen LogP contribution in [0.5, 0.6) is 0 Å². The summed E-state index contributed by atoms with van der Waals surface area (Å²) in [4.78, 5) is 15.4. The van der Waals surface area contributed by atoms with Crippen LogP contribution < -0.4 is 11.2 Å². The summed E-state index contributed by atoms with van der Waals surface area (Å²) in [6, 6.07) is 0. The van der Waals surface area contributed by atoms with E-state index in [0.29, 0.717) is 11.3 Å². The first kappa shape index (κ1) is 14.5. The second kappa shape index (κ2) is 6.36. The van der Waals surface area contributed by atoms with Crippen LogP contribution >= 0.6 is 0 Å². The summed E-state index contributed by atoms with van der Waals surface area (Å²) in [6.45, 7) is 7.76. The maximum absolute atomic E-state index is 10.5. The first-order valence-corrected chi connectivity index (χ1v) is 6.52. The topological polar surface area (TPSA) is 64.3 Å². The van der Waals surface area contributed by atoms with Gasteiger partial charge in [0.25, 0.3) is 0 Å². The van der Waals surface area contributed by atoms with Crippen LogP contribution in [0.3, 0.4) is 0 Å². The number of primary amides is 1. The largest absolute Gasteiger partial charge is 0.368 e. The highest BCUT2D eigenvalue weighted by Gasteiger charge is 2.29. The van der Waals surface area contributed by atoms with Crippen LogP contribution in [0.1, 0.15) is 46.5 Å². The number of nitrogens with one attached hydrogen (secondary N) is 1. The number of rotatable bonds is 5. The Kier molecular flexibility index (Phi) is 5.40. The second-order valence-corrected chi connectivity index (χ2v) is 6.19. The molecule has 0 radical (unpaired) electrons. The lowest BCUT2D eigenvalue weighted by atomic mass is 9.70. The van der Waals surface area contributed by atoms with Crippen LogP contribution in [0.25, 0.3) is 0 Å². The molecule has 0 aromatic carbocycles. The van der Waals surface area contributed by atoms with E-state index in [0.717, 1.165) is 12.5 Å². The van der Waals surface area contributed by atoms with Crippen molar-refractivity contribution in [3.05, 3.63) is 0 Å². The molecule has 1 amide bonds. The van der Waals surface area contributed by atoms with Crippen molar-refractivity contribution >= 4 is 5.91 Å². The first-order valence-electron chi connectivity index (χ1n) is 6.52. The van der Waals surface area contributed by atoms with Gasteiger partial charge in [0, 0.05) is 6.54 Å². The van der Waals surface area contributed by atoms with Crippen molar-refractivity contribution in [1.82, 2.24) is 5.48 Å². The molecule has 100 valence electrons. The Morgan fingerprint density at radius 3 is 2.35 bits per heavy atom. The van der Waals surface area contributed by atoms with E-state index in [1.807, 2.05) is 0 Å². The molecule has 4 heteroatoms. The number of hydroxylamine groups is 1. The monoisotopic (exact) mass is 242 g/mol. The van der Waals surface area contributed by atoms with Crippen molar-refractivity contribution in [3.63, 3.8) is 0 Å². The van der Waals surface area contributed by atoms with Gasteiger partial charge >= 0.3 is 0 Å². The molecule has 4 nitrogen and oxygen atoms in total. The SMILES string of the molecule is CC(C)(C)C1CCC(CNOCC(N)=O)CC1. The van der Waals surface area contributed by atoms with Gasteiger partial charge in [-0.1, -0.05) is 20.8 Å². The van der Waals surface area contributed by atoms with E-state index < -0.39 is 5.91 Å². The van der Waals surface area contributed by atoms with E-state index in [-0.39, 0.29) is 6.61 Å². The van der Waals surface area contributed by atoms with Gasteiger partial charge in [-0.3, -0.25) is 9.63 Å². The minimum absolute atomic E-state index is 0.0443. The molecule has 1 aliphatic rings. The molecule has 1 rings (SSSR count). The highest BCUT2D eigenvalue weighted by Crippen LogP contribution is 2.39. The highest BCUT2D eigenvalue weighted by atomic mass is 16.6. The van der Waals surface area contributed by atoms with Crippen LogP contribution in [0.15, 0.2) is 0 Å². The smallest absolute Gasteiger partial charge is 0.245 e. The Balaban J connectivity index is 2.13. The average Bonchev–Trinajstić information content (AvgIpc) is 2.23. The quantitative estimate of drug-likeness (QED) is 0.571. The number of hydrogen-bond acceptors (Lipinski definition) is 3. The van der Waals surface area contributed by atoms with Crippen molar-refractivity contribution in [2.45, 2.75) is 46.5 Å². The predicted molar refractivity (Wildman–Crippen MR) is 68.1 cm³/mol. The third-order valence-corrected chi connectivity index (χ3v) is 3.76. The van der Waals surface area contributed by atoms with Crippen LogP contribution in [-0.4, -0.2) is 19.1 Å². The highest BCUT2D eigenvalue weighted by molar-refractivity contribution is 5.74. The molecule has 0 spiro atoms. The summed E-state index contributed by atoms with van der Waals surface area (Å²) < 4.78 is 0. The average molecular weight is 242 g/mol. The minimum atomic E-state index is -0.436. The van der Waals surface area contributed by atoms with E-state index >= 15 is 0 Å². The number of carbonyl (C=O) groups excluding carboxylic acids is 1. The molecule has 0 bridgehead atoms. The maximum atomic E-state index is 10.5. The van der Waals surface area contributed by atoms with Gasteiger partial charge < -0.3 is 5.73 Å². The molecule has 1 saturated carbocycles. The summed E-state index contributed by atoms with van der Waals surface area (Å²) in [5.41, 5.74) is 8.24. The lowest BCUT2D eigenvalue weighted by Gasteiger charge is -2.36. The number of carbonyl (C=O) groups is 1. The van der Waals surface area contributed by atoms with Gasteiger partial charge in [-0.2, -0.15) is 0 Å². The molecule has 1 aliphatic carbocycles. The fraction of sp³-hybridized carbons (Fsp3) is 0.923. The molecule has 0 aromatic heterocycles. The van der Waals surface area contributed by atoms with Gasteiger partial charge in [-0.25, -0.2) is 5.48 Å². The number of hydrogen-bond donors (Lipinski definition) is 2. The summed E-state index contributed by atoms with van der Waals surface area (Å²) >= 11 is 0. The first-order chi connectivity index (χ1) is 7.89. The molecular formula is C13H26N2O2.